The van der Waals surface area contributed by atoms with Crippen LogP contribution in [0.4, 0.5) is 15.0 Å². The van der Waals surface area contributed by atoms with E-state index < -0.39 is 36.2 Å². The van der Waals surface area contributed by atoms with E-state index in [1.54, 1.807) is 40.7 Å². The molecule has 1 aliphatic rings. The van der Waals surface area contributed by atoms with Crippen LogP contribution in [0.5, 0.6) is 0 Å². The molecule has 0 spiro atoms. The largest absolute Gasteiger partial charge is 0.444 e. The van der Waals surface area contributed by atoms with Crippen molar-refractivity contribution in [3.63, 3.8) is 0 Å². The van der Waals surface area contributed by atoms with Crippen molar-refractivity contribution in [1.82, 2.24) is 10.1 Å². The van der Waals surface area contributed by atoms with Crippen LogP contribution in [-0.2, 0) is 9.47 Å². The Morgan fingerprint density at radius 3 is 2.46 bits per heavy atom. The summed E-state index contributed by atoms with van der Waals surface area (Å²) >= 11 is 0. The highest BCUT2D eigenvalue weighted by atomic mass is 19.1. The molecule has 1 amide bonds. The molecule has 1 saturated heterocycles. The molecule has 2 N–H and O–H groups in total. The van der Waals surface area contributed by atoms with Crippen LogP contribution in [0.15, 0.2) is 34.9 Å². The summed E-state index contributed by atoms with van der Waals surface area (Å²) in [7, 11) is 0. The van der Waals surface area contributed by atoms with Crippen molar-refractivity contribution in [2.75, 3.05) is 12.4 Å². The van der Waals surface area contributed by atoms with Gasteiger partial charge in [-0.1, -0.05) is 29.4 Å². The Morgan fingerprint density at radius 2 is 1.96 bits per heavy atom. The molecule has 152 valence electrons. The number of nitrogen functional groups attached to an aromatic ring is 1. The number of aromatic nitrogens is 1. The molecule has 0 saturated carbocycles. The van der Waals surface area contributed by atoms with Crippen LogP contribution >= 0.6 is 0 Å². The maximum atomic E-state index is 14.0. The van der Waals surface area contributed by atoms with E-state index in [4.69, 9.17) is 19.7 Å². The molecule has 1 aromatic heterocycles. The first-order chi connectivity index (χ1) is 13.0. The number of benzene rings is 1. The van der Waals surface area contributed by atoms with Crippen molar-refractivity contribution < 1.29 is 23.2 Å². The average Bonchev–Trinajstić information content (AvgIpc) is 3.13. The molecule has 1 aromatic carbocycles. The van der Waals surface area contributed by atoms with E-state index in [9.17, 15) is 9.18 Å². The van der Waals surface area contributed by atoms with Gasteiger partial charge in [-0.05, 0) is 40.2 Å². The Hall–Kier alpha value is -2.61. The Morgan fingerprint density at radius 1 is 1.32 bits per heavy atom. The van der Waals surface area contributed by atoms with E-state index in [1.165, 1.54) is 4.90 Å². The van der Waals surface area contributed by atoms with Crippen LogP contribution in [0.1, 0.15) is 46.3 Å². The molecule has 0 aliphatic carbocycles. The lowest BCUT2D eigenvalue weighted by molar-refractivity contribution is -0.0797. The molecule has 8 heteroatoms. The Labute approximate surface area is 163 Å². The zero-order valence-corrected chi connectivity index (χ0v) is 16.7. The average molecular weight is 391 g/mol. The van der Waals surface area contributed by atoms with Crippen molar-refractivity contribution in [3.8, 4) is 11.3 Å². The van der Waals surface area contributed by atoms with Gasteiger partial charge in [0.1, 0.15) is 24.1 Å². The Balaban J connectivity index is 1.86. The van der Waals surface area contributed by atoms with Crippen molar-refractivity contribution in [2.24, 2.45) is 0 Å². The van der Waals surface area contributed by atoms with E-state index in [1.807, 2.05) is 24.3 Å². The van der Waals surface area contributed by atoms with Gasteiger partial charge in [0.15, 0.2) is 11.6 Å². The van der Waals surface area contributed by atoms with E-state index in [0.29, 0.717) is 11.6 Å². The molecular weight excluding hydrogens is 365 g/mol. The van der Waals surface area contributed by atoms with Gasteiger partial charge in [-0.15, -0.1) is 0 Å². The van der Waals surface area contributed by atoms with Gasteiger partial charge in [0, 0.05) is 11.6 Å². The summed E-state index contributed by atoms with van der Waals surface area (Å²) in [5, 5.41) is 3.67. The van der Waals surface area contributed by atoms with Crippen molar-refractivity contribution >= 4 is 11.9 Å². The number of nitrogens with zero attached hydrogens (tertiary/aromatic N) is 2. The van der Waals surface area contributed by atoms with E-state index >= 15 is 0 Å². The number of hydrogen-bond donors (Lipinski definition) is 1. The fourth-order valence-electron chi connectivity index (χ4n) is 3.35. The lowest BCUT2D eigenvalue weighted by atomic mass is 10.0. The number of ether oxygens (including phenoxy) is 2. The molecule has 1 fully saturated rings. The molecule has 1 aliphatic heterocycles. The number of anilines is 1. The number of carbonyl (C=O) groups excluding carboxylic acids is 1. The predicted molar refractivity (Wildman–Crippen MR) is 102 cm³/mol. The lowest BCUT2D eigenvalue weighted by Gasteiger charge is -2.34. The minimum absolute atomic E-state index is 0.297. The highest BCUT2D eigenvalue weighted by molar-refractivity contribution is 5.70. The fraction of sp³-hybridized carbons (Fsp3) is 0.500. The summed E-state index contributed by atoms with van der Waals surface area (Å²) in [6.45, 7) is 8.01. The van der Waals surface area contributed by atoms with Crippen molar-refractivity contribution in [1.29, 1.82) is 0 Å². The van der Waals surface area contributed by atoms with Gasteiger partial charge in [0.05, 0.1) is 6.04 Å². The molecule has 2 aromatic rings. The van der Waals surface area contributed by atoms with Gasteiger partial charge in [-0.3, -0.25) is 4.90 Å². The second-order valence-corrected chi connectivity index (χ2v) is 8.30. The van der Waals surface area contributed by atoms with Crippen molar-refractivity contribution in [2.45, 2.75) is 58.1 Å². The zero-order valence-electron chi connectivity index (χ0n) is 16.7. The van der Waals surface area contributed by atoms with Gasteiger partial charge in [-0.2, -0.15) is 0 Å². The lowest BCUT2D eigenvalue weighted by Crippen LogP contribution is -2.50. The van der Waals surface area contributed by atoms with Gasteiger partial charge in [0.2, 0.25) is 0 Å². The summed E-state index contributed by atoms with van der Waals surface area (Å²) in [6.07, 6.45) is -1.22. The summed E-state index contributed by atoms with van der Waals surface area (Å²) in [5.74, 6) is 0.833. The molecule has 3 rings (SSSR count). The molecule has 2 atom stereocenters. The third kappa shape index (κ3) is 3.96. The molecular formula is C20H26FN3O4. The second kappa shape index (κ2) is 7.09. The third-order valence-electron chi connectivity index (χ3n) is 4.48. The summed E-state index contributed by atoms with van der Waals surface area (Å²) in [4.78, 5) is 14.0. The van der Waals surface area contributed by atoms with Crippen LogP contribution in [0, 0.1) is 0 Å². The van der Waals surface area contributed by atoms with E-state index in [-0.39, 0.29) is 0 Å². The number of amides is 1. The minimum Gasteiger partial charge on any atom is -0.444 e. The predicted octanol–water partition coefficient (Wildman–Crippen LogP) is 4.31. The van der Waals surface area contributed by atoms with Crippen LogP contribution in [0.2, 0.25) is 0 Å². The third-order valence-corrected chi connectivity index (χ3v) is 4.48. The molecule has 0 unspecified atom stereocenters. The smallest absolute Gasteiger partial charge is 0.413 e. The maximum absolute atomic E-state index is 14.0. The maximum Gasteiger partial charge on any atom is 0.413 e. The van der Waals surface area contributed by atoms with Gasteiger partial charge < -0.3 is 19.7 Å². The van der Waals surface area contributed by atoms with Crippen LogP contribution in [0.3, 0.4) is 0 Å². The minimum atomic E-state index is -1.01. The van der Waals surface area contributed by atoms with E-state index in [2.05, 4.69) is 5.16 Å². The highest BCUT2D eigenvalue weighted by Crippen LogP contribution is 2.42. The second-order valence-electron chi connectivity index (χ2n) is 8.30. The first-order valence-electron chi connectivity index (χ1n) is 9.10. The number of halogens is 1. The Kier molecular flexibility index (Phi) is 5.10. The number of nitrogens with two attached hydrogens (primary N) is 1. The SMILES string of the molecule is CC(C)(C)OC(=O)N1[C@H](CF)[C@@H](c2ccc(-c3cc(N)no3)cc2)OC1(C)C. The van der Waals surface area contributed by atoms with Gasteiger partial charge >= 0.3 is 6.09 Å². The first kappa shape index (κ1) is 20.1. The molecule has 28 heavy (non-hydrogen) atoms. The first-order valence-corrected chi connectivity index (χ1v) is 9.10. The number of rotatable bonds is 3. The highest BCUT2D eigenvalue weighted by Gasteiger charge is 2.51. The van der Waals surface area contributed by atoms with Crippen LogP contribution in [-0.4, -0.2) is 40.2 Å². The van der Waals surface area contributed by atoms with Crippen molar-refractivity contribution in [3.05, 3.63) is 35.9 Å². The molecule has 0 radical (unpaired) electrons. The standard InChI is InChI=1S/C20H26FN3O4/c1-19(2,3)27-18(25)24-14(11-21)17(26-20(24,4)5)13-8-6-12(7-9-13)15-10-16(22)23-28-15/h6-10,14,17H,11H2,1-5H3,(H2,22,23)/t14-,17-/m1/s1. The van der Waals surface area contributed by atoms with Gasteiger partial charge in [-0.25, -0.2) is 9.18 Å². The zero-order chi connectivity index (χ0) is 20.7. The summed E-state index contributed by atoms with van der Waals surface area (Å²) in [5.41, 5.74) is 5.41. The monoisotopic (exact) mass is 391 g/mol. The summed E-state index contributed by atoms with van der Waals surface area (Å²) in [6, 6.07) is 8.09. The number of carbonyl (C=O) groups is 1. The van der Waals surface area contributed by atoms with E-state index in [0.717, 1.165) is 11.1 Å². The van der Waals surface area contributed by atoms with Crippen LogP contribution in [0.25, 0.3) is 11.3 Å². The molecule has 7 nitrogen and oxygen atoms in total. The molecule has 0 bridgehead atoms. The fourth-order valence-corrected chi connectivity index (χ4v) is 3.35. The van der Waals surface area contributed by atoms with Gasteiger partial charge in [0.25, 0.3) is 0 Å². The Bertz CT molecular complexity index is 842. The van der Waals surface area contributed by atoms with Crippen LogP contribution < -0.4 is 5.73 Å². The molecule has 2 heterocycles. The topological polar surface area (TPSA) is 90.8 Å². The number of hydrogen-bond acceptors (Lipinski definition) is 6. The normalized spacial score (nSPS) is 21.7. The number of alkyl halides is 1. The summed E-state index contributed by atoms with van der Waals surface area (Å²) < 4.78 is 30.7. The quantitative estimate of drug-likeness (QED) is 0.838.